The van der Waals surface area contributed by atoms with Gasteiger partial charge in [-0.3, -0.25) is 0 Å². The van der Waals surface area contributed by atoms with Crippen LogP contribution in [0.15, 0.2) is 30.5 Å². The Balaban J connectivity index is 2.63. The molecular formula is C18H24N+. The highest BCUT2D eigenvalue weighted by Crippen LogP contribution is 2.26. The van der Waals surface area contributed by atoms with E-state index >= 15 is 0 Å². The average molecular weight is 259 g/mol. The molecule has 0 amide bonds. The Bertz CT molecular complexity index is 748. The van der Waals surface area contributed by atoms with Gasteiger partial charge in [0.15, 0.2) is 6.20 Å². The standard InChI is InChI=1S/C18H24N/c1-12(2)17-10-18(19(6)11-15(17)5)16-8-7-13(3)9-14(16)4/h7-12H,1-6H3/q+1/i3D3,5D2. The zero-order valence-electron chi connectivity index (χ0n) is 17.0. The summed E-state index contributed by atoms with van der Waals surface area (Å²) in [5, 5.41) is 0. The number of rotatable bonds is 2. The zero-order valence-corrected chi connectivity index (χ0v) is 12.0. The van der Waals surface area contributed by atoms with Gasteiger partial charge in [0.25, 0.3) is 0 Å². The summed E-state index contributed by atoms with van der Waals surface area (Å²) in [5.74, 6) is 0.208. The van der Waals surface area contributed by atoms with Gasteiger partial charge in [0.05, 0.1) is 0 Å². The van der Waals surface area contributed by atoms with E-state index in [1.165, 1.54) is 0 Å². The van der Waals surface area contributed by atoms with E-state index in [1.54, 1.807) is 12.1 Å². The number of aryl methyl sites for hydroxylation is 4. The van der Waals surface area contributed by atoms with E-state index in [9.17, 15) is 0 Å². The van der Waals surface area contributed by atoms with Crippen LogP contribution in [0.25, 0.3) is 11.3 Å². The van der Waals surface area contributed by atoms with Crippen molar-refractivity contribution < 1.29 is 11.4 Å². The predicted molar refractivity (Wildman–Crippen MR) is 81.4 cm³/mol. The molecule has 0 saturated heterocycles. The van der Waals surface area contributed by atoms with Crippen LogP contribution in [0, 0.1) is 20.7 Å². The van der Waals surface area contributed by atoms with E-state index in [0.717, 1.165) is 22.4 Å². The highest BCUT2D eigenvalue weighted by atomic mass is 14.9. The van der Waals surface area contributed by atoms with Crippen molar-refractivity contribution in [2.75, 3.05) is 0 Å². The van der Waals surface area contributed by atoms with Gasteiger partial charge in [-0.25, -0.2) is 4.57 Å². The minimum Gasteiger partial charge on any atom is -0.201 e. The molecular weight excluding hydrogens is 230 g/mol. The van der Waals surface area contributed by atoms with Crippen LogP contribution in [0.4, 0.5) is 0 Å². The second-order valence-corrected chi connectivity index (χ2v) is 5.36. The van der Waals surface area contributed by atoms with Gasteiger partial charge in [-0.2, -0.15) is 0 Å². The second kappa shape index (κ2) is 5.16. The van der Waals surface area contributed by atoms with Crippen molar-refractivity contribution in [1.82, 2.24) is 0 Å². The summed E-state index contributed by atoms with van der Waals surface area (Å²) in [6, 6.07) is 7.22. The lowest BCUT2D eigenvalue weighted by Gasteiger charge is -2.12. The van der Waals surface area contributed by atoms with Crippen LogP contribution >= 0.6 is 0 Å². The molecule has 2 aromatic rings. The van der Waals surface area contributed by atoms with E-state index < -0.39 is 13.7 Å². The Labute approximate surface area is 123 Å². The van der Waals surface area contributed by atoms with Crippen LogP contribution in [0.2, 0.25) is 0 Å². The maximum atomic E-state index is 7.75. The molecule has 0 unspecified atom stereocenters. The Morgan fingerprint density at radius 3 is 2.53 bits per heavy atom. The van der Waals surface area contributed by atoms with Gasteiger partial charge >= 0.3 is 0 Å². The van der Waals surface area contributed by atoms with Gasteiger partial charge in [-0.1, -0.05) is 31.5 Å². The highest BCUT2D eigenvalue weighted by Gasteiger charge is 2.16. The van der Waals surface area contributed by atoms with Crippen molar-refractivity contribution in [2.24, 2.45) is 7.05 Å². The van der Waals surface area contributed by atoms with Gasteiger partial charge in [-0.15, -0.1) is 0 Å². The number of nitrogens with zero attached hydrogens (tertiary/aromatic N) is 1. The van der Waals surface area contributed by atoms with E-state index in [4.69, 9.17) is 6.85 Å². The first kappa shape index (κ1) is 8.52. The van der Waals surface area contributed by atoms with E-state index in [0.29, 0.717) is 11.1 Å². The lowest BCUT2D eigenvalue weighted by atomic mass is 9.95. The topological polar surface area (TPSA) is 3.88 Å². The monoisotopic (exact) mass is 259 g/mol. The number of hydrogen-bond acceptors (Lipinski definition) is 0. The molecule has 1 heterocycles. The first-order valence-electron chi connectivity index (χ1n) is 9.17. The van der Waals surface area contributed by atoms with E-state index in [1.807, 2.05) is 36.9 Å². The molecule has 19 heavy (non-hydrogen) atoms. The van der Waals surface area contributed by atoms with Gasteiger partial charge in [-0.05, 0) is 43.8 Å². The molecule has 0 aliphatic heterocycles. The van der Waals surface area contributed by atoms with Gasteiger partial charge in [0, 0.05) is 24.0 Å². The zero-order chi connectivity index (χ0) is 18.2. The van der Waals surface area contributed by atoms with Crippen LogP contribution in [0.5, 0.6) is 0 Å². The summed E-state index contributed by atoms with van der Waals surface area (Å²) in [4.78, 5) is 0. The molecule has 0 radical (unpaired) electrons. The van der Waals surface area contributed by atoms with Crippen molar-refractivity contribution in [3.63, 3.8) is 0 Å². The van der Waals surface area contributed by atoms with Crippen molar-refractivity contribution >= 4 is 0 Å². The van der Waals surface area contributed by atoms with Crippen LogP contribution < -0.4 is 4.57 Å². The van der Waals surface area contributed by atoms with Gasteiger partial charge < -0.3 is 0 Å². The average Bonchev–Trinajstić information content (AvgIpc) is 2.45. The Kier molecular flexibility index (Phi) is 2.32. The lowest BCUT2D eigenvalue weighted by Crippen LogP contribution is -2.32. The molecule has 1 aromatic carbocycles. The lowest BCUT2D eigenvalue weighted by molar-refractivity contribution is -0.660. The third kappa shape index (κ3) is 2.70. The number of pyridine rings is 1. The van der Waals surface area contributed by atoms with Crippen LogP contribution in [-0.2, 0) is 7.05 Å². The predicted octanol–water partition coefficient (Wildman–Crippen LogP) is 4.23. The van der Waals surface area contributed by atoms with E-state index in [2.05, 4.69) is 13.8 Å². The molecule has 100 valence electrons. The van der Waals surface area contributed by atoms with Crippen LogP contribution in [-0.4, -0.2) is 0 Å². The fraction of sp³-hybridized carbons (Fsp3) is 0.389. The Hall–Kier alpha value is -1.63. The quantitative estimate of drug-likeness (QED) is 0.711. The SMILES string of the molecule is [2H]C([2H])c1c[n+](C)c(-c2ccc(C([2H])([2H])[2H])cc2C)cc1C(C)C. The second-order valence-electron chi connectivity index (χ2n) is 5.36. The largest absolute Gasteiger partial charge is 0.212 e. The maximum absolute atomic E-state index is 7.75. The summed E-state index contributed by atoms with van der Waals surface area (Å²) in [6.45, 7) is 2.88. The minimum atomic E-state index is -2.11. The Morgan fingerprint density at radius 2 is 1.95 bits per heavy atom. The highest BCUT2D eigenvalue weighted by molar-refractivity contribution is 5.62. The van der Waals surface area contributed by atoms with Crippen LogP contribution in [0.3, 0.4) is 0 Å². The molecule has 1 nitrogen and oxygen atoms in total. The molecule has 0 aliphatic rings. The number of hydrogen-bond donors (Lipinski definition) is 0. The van der Waals surface area contributed by atoms with E-state index in [-0.39, 0.29) is 5.92 Å². The molecule has 0 aliphatic carbocycles. The van der Waals surface area contributed by atoms with Gasteiger partial charge in [0.2, 0.25) is 5.69 Å². The molecule has 0 fully saturated rings. The van der Waals surface area contributed by atoms with Crippen molar-refractivity contribution in [3.05, 3.63) is 52.7 Å². The molecule has 0 atom stereocenters. The van der Waals surface area contributed by atoms with Crippen molar-refractivity contribution in [2.45, 2.75) is 40.4 Å². The Morgan fingerprint density at radius 1 is 1.16 bits per heavy atom. The fourth-order valence-electron chi connectivity index (χ4n) is 2.40. The summed E-state index contributed by atoms with van der Waals surface area (Å²) >= 11 is 0. The molecule has 1 aromatic heterocycles. The number of benzene rings is 1. The summed E-state index contributed by atoms with van der Waals surface area (Å²) < 4.78 is 40.0. The van der Waals surface area contributed by atoms with Gasteiger partial charge in [0.1, 0.15) is 7.05 Å². The van der Waals surface area contributed by atoms with Crippen LogP contribution in [0.1, 0.15) is 48.9 Å². The fourth-order valence-corrected chi connectivity index (χ4v) is 2.40. The minimum absolute atomic E-state index is 0.208. The third-order valence-corrected chi connectivity index (χ3v) is 3.46. The normalized spacial score (nSPS) is 15.8. The van der Waals surface area contributed by atoms with Crippen molar-refractivity contribution in [3.8, 4) is 11.3 Å². The third-order valence-electron chi connectivity index (χ3n) is 3.46. The molecule has 0 bridgehead atoms. The molecule has 0 spiro atoms. The number of aromatic nitrogens is 1. The first-order valence-corrected chi connectivity index (χ1v) is 6.52. The molecule has 0 saturated carbocycles. The van der Waals surface area contributed by atoms with Crippen molar-refractivity contribution in [1.29, 1.82) is 0 Å². The maximum Gasteiger partial charge on any atom is 0.212 e. The molecule has 2 rings (SSSR count). The smallest absolute Gasteiger partial charge is 0.201 e. The summed E-state index contributed by atoms with van der Waals surface area (Å²) in [6.07, 6.45) is 1.84. The summed E-state index contributed by atoms with van der Waals surface area (Å²) in [5.41, 5.74) is 4.84. The molecule has 1 heteroatoms. The summed E-state index contributed by atoms with van der Waals surface area (Å²) in [7, 11) is 1.89. The molecule has 0 N–H and O–H groups in total. The first-order chi connectivity index (χ1) is 11.0.